The van der Waals surface area contributed by atoms with Gasteiger partial charge in [0.25, 0.3) is 5.69 Å². The maximum Gasteiger partial charge on any atom is 0.271 e. The fourth-order valence-electron chi connectivity index (χ4n) is 2.84. The van der Waals surface area contributed by atoms with Crippen molar-refractivity contribution < 1.29 is 4.92 Å². The molecule has 5 heteroatoms. The second kappa shape index (κ2) is 6.70. The highest BCUT2D eigenvalue weighted by Crippen LogP contribution is 2.27. The van der Waals surface area contributed by atoms with E-state index in [2.05, 4.69) is 17.1 Å². The fraction of sp³-hybridized carbons (Fsp3) is 0.600. The molecule has 1 aliphatic heterocycles. The van der Waals surface area contributed by atoms with E-state index in [1.807, 2.05) is 13.0 Å². The van der Waals surface area contributed by atoms with Crippen LogP contribution in [-0.4, -0.2) is 31.1 Å². The van der Waals surface area contributed by atoms with Gasteiger partial charge < -0.3 is 10.2 Å². The van der Waals surface area contributed by atoms with E-state index >= 15 is 0 Å². The number of benzene rings is 1. The van der Waals surface area contributed by atoms with Crippen LogP contribution in [0.1, 0.15) is 25.3 Å². The van der Waals surface area contributed by atoms with Gasteiger partial charge in [-0.05, 0) is 51.3 Å². The topological polar surface area (TPSA) is 58.4 Å². The third-order valence-electron chi connectivity index (χ3n) is 4.00. The van der Waals surface area contributed by atoms with Gasteiger partial charge in [0.15, 0.2) is 0 Å². The second-order valence-electron chi connectivity index (χ2n) is 5.48. The Hall–Kier alpha value is -1.62. The predicted molar refractivity (Wildman–Crippen MR) is 81.3 cm³/mol. The van der Waals surface area contributed by atoms with Crippen LogP contribution in [-0.2, 0) is 0 Å². The summed E-state index contributed by atoms with van der Waals surface area (Å²) >= 11 is 0. The summed E-state index contributed by atoms with van der Waals surface area (Å²) in [7, 11) is 0. The lowest BCUT2D eigenvalue weighted by atomic mass is 9.98. The molecule has 1 unspecified atom stereocenters. The first kappa shape index (κ1) is 14.8. The molecule has 1 aromatic carbocycles. The van der Waals surface area contributed by atoms with Crippen LogP contribution in [0.2, 0.25) is 0 Å². The number of aryl methyl sites for hydroxylation is 1. The van der Waals surface area contributed by atoms with Gasteiger partial charge in [0.2, 0.25) is 0 Å². The number of nitro benzene ring substituents is 1. The summed E-state index contributed by atoms with van der Waals surface area (Å²) in [5, 5.41) is 14.4. The minimum absolute atomic E-state index is 0.172. The average Bonchev–Trinajstić information content (AvgIpc) is 2.46. The molecule has 1 heterocycles. The fourth-order valence-corrected chi connectivity index (χ4v) is 2.84. The summed E-state index contributed by atoms with van der Waals surface area (Å²) < 4.78 is 0. The Morgan fingerprint density at radius 2 is 2.30 bits per heavy atom. The highest BCUT2D eigenvalue weighted by atomic mass is 16.6. The largest absolute Gasteiger partial charge is 0.371 e. The molecule has 1 aliphatic rings. The number of hydrogen-bond acceptors (Lipinski definition) is 4. The van der Waals surface area contributed by atoms with Crippen molar-refractivity contribution in [1.29, 1.82) is 0 Å². The Kier molecular flexibility index (Phi) is 4.95. The van der Waals surface area contributed by atoms with Crippen LogP contribution < -0.4 is 10.2 Å². The van der Waals surface area contributed by atoms with Gasteiger partial charge in [-0.1, -0.05) is 6.07 Å². The minimum atomic E-state index is -0.320. The smallest absolute Gasteiger partial charge is 0.271 e. The Morgan fingerprint density at radius 3 is 2.90 bits per heavy atom. The van der Waals surface area contributed by atoms with Gasteiger partial charge in [-0.15, -0.1) is 0 Å². The number of non-ortho nitro benzene ring substituents is 1. The van der Waals surface area contributed by atoms with Crippen LogP contribution >= 0.6 is 0 Å². The predicted octanol–water partition coefficient (Wildman–Crippen LogP) is 2.73. The lowest BCUT2D eigenvalue weighted by Crippen LogP contribution is -2.38. The Balaban J connectivity index is 2.17. The van der Waals surface area contributed by atoms with Crippen molar-refractivity contribution in [1.82, 2.24) is 5.32 Å². The van der Waals surface area contributed by atoms with E-state index < -0.39 is 0 Å². The summed E-state index contributed by atoms with van der Waals surface area (Å²) in [4.78, 5) is 12.9. The molecule has 0 bridgehead atoms. The molecule has 0 aromatic heterocycles. The third kappa shape index (κ3) is 3.48. The normalized spacial score (nSPS) is 18.8. The van der Waals surface area contributed by atoms with E-state index in [0.29, 0.717) is 5.92 Å². The number of nitro groups is 1. The van der Waals surface area contributed by atoms with Gasteiger partial charge in [0.1, 0.15) is 0 Å². The summed E-state index contributed by atoms with van der Waals surface area (Å²) in [6, 6.07) is 5.12. The van der Waals surface area contributed by atoms with Gasteiger partial charge in [0.05, 0.1) is 4.92 Å². The van der Waals surface area contributed by atoms with Crippen LogP contribution in [0.25, 0.3) is 0 Å². The van der Waals surface area contributed by atoms with Gasteiger partial charge in [-0.3, -0.25) is 10.1 Å². The monoisotopic (exact) mass is 277 g/mol. The number of anilines is 1. The number of nitrogens with one attached hydrogen (secondary N) is 1. The first-order valence-corrected chi connectivity index (χ1v) is 7.32. The number of piperidine rings is 1. The van der Waals surface area contributed by atoms with Crippen molar-refractivity contribution in [2.45, 2.75) is 26.7 Å². The molecule has 1 fully saturated rings. The standard InChI is InChI=1S/C15H23N3O2/c1-3-17(11-13-5-4-8-16-10-13)15-9-14(18(19)20)7-6-12(15)2/h6-7,9,13,16H,3-5,8,10-11H2,1-2H3. The SMILES string of the molecule is CCN(CC1CCCNC1)c1cc([N+](=O)[O-])ccc1C. The zero-order valence-corrected chi connectivity index (χ0v) is 12.3. The van der Waals surface area contributed by atoms with Crippen molar-refractivity contribution in [2.75, 3.05) is 31.1 Å². The van der Waals surface area contributed by atoms with Crippen LogP contribution in [0.15, 0.2) is 18.2 Å². The first-order valence-electron chi connectivity index (χ1n) is 7.32. The molecule has 0 saturated carbocycles. The van der Waals surface area contributed by atoms with E-state index in [0.717, 1.165) is 37.4 Å². The molecule has 1 N–H and O–H groups in total. The molecular formula is C15H23N3O2. The molecule has 20 heavy (non-hydrogen) atoms. The molecule has 0 aliphatic carbocycles. The van der Waals surface area contributed by atoms with E-state index in [4.69, 9.17) is 0 Å². The van der Waals surface area contributed by atoms with Crippen molar-refractivity contribution in [3.63, 3.8) is 0 Å². The molecule has 1 aromatic rings. The number of nitrogens with zero attached hydrogens (tertiary/aromatic N) is 2. The van der Waals surface area contributed by atoms with Crippen LogP contribution in [0.3, 0.4) is 0 Å². The first-order chi connectivity index (χ1) is 9.61. The summed E-state index contributed by atoms with van der Waals surface area (Å²) in [5.41, 5.74) is 2.26. The molecule has 1 atom stereocenters. The highest BCUT2D eigenvalue weighted by molar-refractivity contribution is 5.58. The van der Waals surface area contributed by atoms with Crippen molar-refractivity contribution in [3.8, 4) is 0 Å². The molecule has 0 spiro atoms. The zero-order valence-electron chi connectivity index (χ0n) is 12.3. The third-order valence-corrected chi connectivity index (χ3v) is 4.00. The minimum Gasteiger partial charge on any atom is -0.371 e. The van der Waals surface area contributed by atoms with Gasteiger partial charge in [-0.25, -0.2) is 0 Å². The molecule has 2 rings (SSSR count). The van der Waals surface area contributed by atoms with Crippen molar-refractivity contribution in [2.24, 2.45) is 5.92 Å². The van der Waals surface area contributed by atoms with Crippen molar-refractivity contribution in [3.05, 3.63) is 33.9 Å². The van der Waals surface area contributed by atoms with Crippen LogP contribution in [0.4, 0.5) is 11.4 Å². The summed E-state index contributed by atoms with van der Waals surface area (Å²) in [5.74, 6) is 0.627. The Labute approximate surface area is 120 Å². The lowest BCUT2D eigenvalue weighted by Gasteiger charge is -2.31. The number of rotatable bonds is 5. The van der Waals surface area contributed by atoms with Crippen molar-refractivity contribution >= 4 is 11.4 Å². The summed E-state index contributed by atoms with van der Waals surface area (Å²) in [6.45, 7) is 8.11. The maximum absolute atomic E-state index is 10.9. The van der Waals surface area contributed by atoms with Crippen LogP contribution in [0.5, 0.6) is 0 Å². The molecular weight excluding hydrogens is 254 g/mol. The quantitative estimate of drug-likeness (QED) is 0.664. The Morgan fingerprint density at radius 1 is 1.50 bits per heavy atom. The molecule has 5 nitrogen and oxygen atoms in total. The Bertz CT molecular complexity index is 470. The molecule has 0 amide bonds. The maximum atomic E-state index is 10.9. The van der Waals surface area contributed by atoms with Gasteiger partial charge >= 0.3 is 0 Å². The van der Waals surface area contributed by atoms with Gasteiger partial charge in [0, 0.05) is 30.9 Å². The zero-order chi connectivity index (χ0) is 14.5. The number of hydrogen-bond donors (Lipinski definition) is 1. The molecule has 110 valence electrons. The van der Waals surface area contributed by atoms with E-state index in [1.54, 1.807) is 12.1 Å². The van der Waals surface area contributed by atoms with Gasteiger partial charge in [-0.2, -0.15) is 0 Å². The average molecular weight is 277 g/mol. The lowest BCUT2D eigenvalue weighted by molar-refractivity contribution is -0.384. The van der Waals surface area contributed by atoms with E-state index in [9.17, 15) is 10.1 Å². The highest BCUT2D eigenvalue weighted by Gasteiger charge is 2.19. The second-order valence-corrected chi connectivity index (χ2v) is 5.48. The van der Waals surface area contributed by atoms with E-state index in [-0.39, 0.29) is 10.6 Å². The summed E-state index contributed by atoms with van der Waals surface area (Å²) in [6.07, 6.45) is 2.45. The molecule has 1 saturated heterocycles. The van der Waals surface area contributed by atoms with Crippen LogP contribution in [0, 0.1) is 23.0 Å². The van der Waals surface area contributed by atoms with E-state index in [1.165, 1.54) is 12.8 Å². The molecule has 0 radical (unpaired) electrons.